The highest BCUT2D eigenvalue weighted by atomic mass is 31.0. The lowest BCUT2D eigenvalue weighted by molar-refractivity contribution is -0.157. The normalized spacial score (nSPS) is 20.8. The number of Topliss-reactive ketones (excluding diaryl/α,β-unsaturated/α-hetero) is 1. The summed E-state index contributed by atoms with van der Waals surface area (Å²) in [6.45, 7) is 12.5. The van der Waals surface area contributed by atoms with Gasteiger partial charge in [0.2, 0.25) is 14.2 Å². The molecule has 42 heavy (non-hydrogen) atoms. The average Bonchev–Trinajstić information content (AvgIpc) is 3.24. The van der Waals surface area contributed by atoms with Crippen LogP contribution in [0.25, 0.3) is 0 Å². The van der Waals surface area contributed by atoms with Crippen molar-refractivity contribution in [1.82, 2.24) is 14.9 Å². The molecule has 3 N–H and O–H groups in total. The van der Waals surface area contributed by atoms with Gasteiger partial charge in [-0.05, 0) is 29.2 Å². The van der Waals surface area contributed by atoms with Crippen molar-refractivity contribution in [3.05, 3.63) is 33.1 Å². The highest BCUT2D eigenvalue weighted by Gasteiger charge is 2.55. The van der Waals surface area contributed by atoms with Gasteiger partial charge in [-0.15, -0.1) is 9.24 Å². The van der Waals surface area contributed by atoms with E-state index in [1.54, 1.807) is 0 Å². The van der Waals surface area contributed by atoms with Gasteiger partial charge >= 0.3 is 11.7 Å². The number of ketones is 1. The van der Waals surface area contributed by atoms with Gasteiger partial charge in [-0.1, -0.05) is 41.5 Å². The zero-order valence-corrected chi connectivity index (χ0v) is 27.7. The molecule has 2 rings (SSSR count). The Kier molecular flexibility index (Phi) is 14.2. The maximum atomic E-state index is 13.0. The van der Waals surface area contributed by atoms with E-state index in [2.05, 4.69) is 61.1 Å². The second-order valence-corrected chi connectivity index (χ2v) is 17.6. The lowest BCUT2D eigenvalue weighted by Crippen LogP contribution is -2.54. The van der Waals surface area contributed by atoms with E-state index >= 15 is 0 Å². The molecule has 14 heteroatoms. The summed E-state index contributed by atoms with van der Waals surface area (Å²) >= 11 is 0. The fraction of sp³-hybridized carbons (Fsp3) is 0.750. The molecule has 1 aromatic heterocycles. The molecular weight excluding hydrogens is 581 g/mol. The molecule has 0 bridgehead atoms. The predicted molar refractivity (Wildman–Crippen MR) is 164 cm³/mol. The number of carbonyl (C=O) groups excluding carboxylic acids is 3. The zero-order valence-electron chi connectivity index (χ0n) is 25.6. The van der Waals surface area contributed by atoms with Crippen LogP contribution < -0.4 is 16.6 Å². The maximum absolute atomic E-state index is 13.0. The van der Waals surface area contributed by atoms with Crippen molar-refractivity contribution < 1.29 is 33.4 Å². The van der Waals surface area contributed by atoms with Crippen LogP contribution in [0.4, 0.5) is 0 Å². The van der Waals surface area contributed by atoms with Crippen LogP contribution in [0.3, 0.4) is 0 Å². The predicted octanol–water partition coefficient (Wildman–Crippen LogP) is 2.41. The molecule has 5 atom stereocenters. The first-order valence-corrected chi connectivity index (χ1v) is 17.7. The number of esters is 1. The third-order valence-corrected chi connectivity index (χ3v) is 14.4. The number of aliphatic hydroxyl groups excluding tert-OH is 1. The van der Waals surface area contributed by atoms with E-state index in [0.717, 1.165) is 12.6 Å². The number of aliphatic hydroxyl groups is 1. The van der Waals surface area contributed by atoms with E-state index in [0.29, 0.717) is 6.54 Å². The van der Waals surface area contributed by atoms with Crippen LogP contribution in [-0.2, 0) is 28.3 Å². The summed E-state index contributed by atoms with van der Waals surface area (Å²) in [5.41, 5.74) is -0.869. The lowest BCUT2D eigenvalue weighted by Gasteiger charge is -2.45. The number of hydrogen-bond donors (Lipinski definition) is 3. The monoisotopic (exact) mass is 629 g/mol. The smallest absolute Gasteiger partial charge is 0.330 e. The molecule has 1 fully saturated rings. The average molecular weight is 630 g/mol. The number of hydrogen-bond acceptors (Lipinski definition) is 9. The fourth-order valence-electron chi connectivity index (χ4n) is 5.87. The first-order valence-electron chi connectivity index (χ1n) is 14.7. The van der Waals surface area contributed by atoms with Gasteiger partial charge in [0, 0.05) is 38.1 Å². The molecule has 1 aliphatic heterocycles. The van der Waals surface area contributed by atoms with Crippen LogP contribution in [0.5, 0.6) is 0 Å². The summed E-state index contributed by atoms with van der Waals surface area (Å²) in [4.78, 5) is 64.0. The van der Waals surface area contributed by atoms with Crippen LogP contribution in [0.15, 0.2) is 21.9 Å². The zero-order chi connectivity index (χ0) is 31.6. The molecule has 0 aromatic carbocycles. The second kappa shape index (κ2) is 16.6. The Morgan fingerprint density at radius 3 is 2.21 bits per heavy atom. The SMILES string of the molecule is CC(C)[Si](OC1[C@@H](OC(=O)CCC(=O)CCC(=O)NCCCP)[C@@H](CO)O[C@H]1n1ccc(=O)[nH]c1=O)(C(C)C)C(C)C. The number of ether oxygens (including phenoxy) is 2. The van der Waals surface area contributed by atoms with E-state index in [4.69, 9.17) is 13.9 Å². The largest absolute Gasteiger partial charge is 0.457 e. The number of aromatic amines is 1. The van der Waals surface area contributed by atoms with Crippen LogP contribution in [0.2, 0.25) is 16.6 Å². The molecule has 0 spiro atoms. The number of aromatic nitrogens is 2. The summed E-state index contributed by atoms with van der Waals surface area (Å²) in [7, 11) is -0.0519. The molecule has 0 radical (unpaired) electrons. The topological polar surface area (TPSA) is 166 Å². The van der Waals surface area contributed by atoms with E-state index in [9.17, 15) is 29.1 Å². The number of rotatable bonds is 17. The molecule has 0 aliphatic carbocycles. The van der Waals surface area contributed by atoms with E-state index in [-0.39, 0.29) is 54.0 Å². The number of nitrogens with zero attached hydrogens (tertiary/aromatic N) is 1. The summed E-state index contributed by atoms with van der Waals surface area (Å²) in [6, 6.07) is 1.18. The lowest BCUT2D eigenvalue weighted by atomic mass is 10.1. The second-order valence-electron chi connectivity index (χ2n) is 11.7. The molecule has 1 saturated heterocycles. The molecule has 12 nitrogen and oxygen atoms in total. The molecular formula is C28H48N3O9PSi. The van der Waals surface area contributed by atoms with Gasteiger partial charge in [-0.2, -0.15) is 0 Å². The van der Waals surface area contributed by atoms with Crippen molar-refractivity contribution in [3.8, 4) is 0 Å². The molecule has 1 aromatic rings. The third kappa shape index (κ3) is 9.16. The Labute approximate surface area is 250 Å². The summed E-state index contributed by atoms with van der Waals surface area (Å²) < 4.78 is 20.0. The number of H-pyrrole nitrogens is 1. The molecule has 1 aliphatic rings. The van der Waals surface area contributed by atoms with Crippen LogP contribution in [-0.4, -0.2) is 78.3 Å². The minimum Gasteiger partial charge on any atom is -0.457 e. The summed E-state index contributed by atoms with van der Waals surface area (Å²) in [5, 5.41) is 12.9. The Hall–Kier alpha value is -2.18. The van der Waals surface area contributed by atoms with Crippen molar-refractivity contribution in [3.63, 3.8) is 0 Å². The minimum absolute atomic E-state index is 0.0139. The fourth-order valence-corrected chi connectivity index (χ4v) is 11.6. The standard InChI is InChI=1S/C28H48N3O9PSi/c1-17(2)42(18(3)4,19(5)6)40-26-25(21(16-32)38-27(26)31-14-12-23(35)30-28(31)37)39-24(36)11-9-20(33)8-10-22(34)29-13-7-15-41/h12,14,17-19,21,25-27,32H,7-11,13,15-16,41H2,1-6H3,(H,29,34)(H,30,35,37)/t21-,25+,26?,27-/m1/s1. The van der Waals surface area contributed by atoms with Crippen molar-refractivity contribution in [2.75, 3.05) is 19.3 Å². The number of nitrogens with one attached hydrogen (secondary N) is 2. The molecule has 238 valence electrons. The van der Waals surface area contributed by atoms with E-state index in [1.165, 1.54) is 16.8 Å². The van der Waals surface area contributed by atoms with Crippen molar-refractivity contribution in [2.45, 2.75) is 115 Å². The van der Waals surface area contributed by atoms with Crippen LogP contribution in [0.1, 0.15) is 79.9 Å². The van der Waals surface area contributed by atoms with Gasteiger partial charge in [0.05, 0.1) is 13.0 Å². The summed E-state index contributed by atoms with van der Waals surface area (Å²) in [5.74, 6) is -1.14. The summed E-state index contributed by atoms with van der Waals surface area (Å²) in [6.07, 6.45) is -1.42. The van der Waals surface area contributed by atoms with E-state index in [1.807, 2.05) is 0 Å². The Morgan fingerprint density at radius 2 is 1.67 bits per heavy atom. The Morgan fingerprint density at radius 1 is 1.05 bits per heavy atom. The van der Waals surface area contributed by atoms with Gasteiger partial charge in [-0.25, -0.2) is 4.79 Å². The quantitative estimate of drug-likeness (QED) is 0.102. The highest BCUT2D eigenvalue weighted by Crippen LogP contribution is 2.46. The van der Waals surface area contributed by atoms with Gasteiger partial charge in [0.25, 0.3) is 5.56 Å². The molecule has 1 amide bonds. The molecule has 2 unspecified atom stereocenters. The van der Waals surface area contributed by atoms with Crippen molar-refractivity contribution >= 4 is 35.2 Å². The number of carbonyl (C=O) groups is 3. The molecule has 2 heterocycles. The van der Waals surface area contributed by atoms with E-state index < -0.39 is 56.7 Å². The Balaban J connectivity index is 2.27. The van der Waals surface area contributed by atoms with Crippen molar-refractivity contribution in [2.24, 2.45) is 0 Å². The first kappa shape index (κ1) is 36.0. The van der Waals surface area contributed by atoms with Crippen LogP contribution >= 0.6 is 9.24 Å². The first-order chi connectivity index (χ1) is 19.8. The van der Waals surface area contributed by atoms with Gasteiger partial charge in [0.15, 0.2) is 12.3 Å². The maximum Gasteiger partial charge on any atom is 0.330 e. The van der Waals surface area contributed by atoms with Gasteiger partial charge in [-0.3, -0.25) is 28.7 Å². The third-order valence-electron chi connectivity index (χ3n) is 7.85. The highest BCUT2D eigenvalue weighted by molar-refractivity contribution is 7.16. The van der Waals surface area contributed by atoms with Gasteiger partial charge in [0.1, 0.15) is 18.0 Å². The van der Waals surface area contributed by atoms with Crippen LogP contribution in [0, 0.1) is 0 Å². The minimum atomic E-state index is -2.63. The number of amides is 1. The molecule has 0 saturated carbocycles. The van der Waals surface area contributed by atoms with Gasteiger partial charge < -0.3 is 24.3 Å². The Bertz CT molecular complexity index is 1150. The van der Waals surface area contributed by atoms with Crippen molar-refractivity contribution in [1.29, 1.82) is 0 Å².